The predicted octanol–water partition coefficient (Wildman–Crippen LogP) is 0.612. The monoisotopic (exact) mass is 543 g/mol. The van der Waals surface area contributed by atoms with E-state index in [0.29, 0.717) is 28.0 Å². The van der Waals surface area contributed by atoms with Gasteiger partial charge in [0.1, 0.15) is 17.3 Å². The Labute approximate surface area is 225 Å². The number of carboxylic acids is 1. The van der Waals surface area contributed by atoms with Crippen molar-refractivity contribution >= 4 is 29.5 Å². The van der Waals surface area contributed by atoms with Gasteiger partial charge < -0.3 is 36.1 Å². The normalized spacial score (nSPS) is 13.3. The molecule has 13 nitrogen and oxygen atoms in total. The number of hydrogen-bond donors (Lipinski definition) is 5. The summed E-state index contributed by atoms with van der Waals surface area (Å²) in [5.74, 6) is -1.91. The zero-order chi connectivity index (χ0) is 29.3. The number of carbonyl (C=O) groups is 4. The number of rotatable bonds is 11. The van der Waals surface area contributed by atoms with Crippen LogP contribution in [-0.4, -0.2) is 72.6 Å². The molecule has 7 N–H and O–H groups in total. The first-order valence-corrected chi connectivity index (χ1v) is 11.8. The Morgan fingerprint density at radius 2 is 1.85 bits per heavy atom. The Morgan fingerprint density at radius 3 is 2.38 bits per heavy atom. The number of nitrogens with one attached hydrogen (secondary N) is 2. The molecule has 2 aromatic carbocycles. The summed E-state index contributed by atoms with van der Waals surface area (Å²) in [6.45, 7) is 2.63. The van der Waals surface area contributed by atoms with Gasteiger partial charge in [0.25, 0.3) is 23.7 Å². The third-order valence-corrected chi connectivity index (χ3v) is 5.77. The molecule has 1 heterocycles. The van der Waals surface area contributed by atoms with Crippen molar-refractivity contribution in [2.45, 2.75) is 32.5 Å². The van der Waals surface area contributed by atoms with E-state index >= 15 is 0 Å². The first-order chi connectivity index (χ1) is 18.4. The van der Waals surface area contributed by atoms with Crippen LogP contribution in [0.1, 0.15) is 40.9 Å². The molecule has 3 amide bonds. The molecule has 1 unspecified atom stereocenters. The van der Waals surface area contributed by atoms with Gasteiger partial charge in [0.2, 0.25) is 5.72 Å². The molecule has 0 aliphatic carbocycles. The van der Waals surface area contributed by atoms with Crippen LogP contribution < -0.4 is 26.3 Å². The van der Waals surface area contributed by atoms with E-state index in [4.69, 9.17) is 41.0 Å². The lowest BCUT2D eigenvalue weighted by Gasteiger charge is -2.39. The summed E-state index contributed by atoms with van der Waals surface area (Å²) in [6.07, 6.45) is -0.158. The Hall–Kier alpha value is -4.65. The highest BCUT2D eigenvalue weighted by Crippen LogP contribution is 2.36. The number of aliphatic carboxylic acids is 1. The van der Waals surface area contributed by atoms with Crippen molar-refractivity contribution < 1.29 is 38.5 Å². The summed E-state index contributed by atoms with van der Waals surface area (Å²) in [5.41, 5.74) is 11.5. The Balaban J connectivity index is 0.00000124. The number of amidine groups is 1. The maximum atomic E-state index is 13.4. The molecular formula is C26H33N5O8. The fraction of sp³-hybridized carbons (Fsp3) is 0.346. The molecule has 1 aliphatic rings. The summed E-state index contributed by atoms with van der Waals surface area (Å²) >= 11 is 0. The van der Waals surface area contributed by atoms with Gasteiger partial charge in [0, 0.05) is 38.1 Å². The van der Waals surface area contributed by atoms with Crippen LogP contribution in [-0.2, 0) is 32.1 Å². The number of nitrogens with two attached hydrogens (primary N) is 2. The second kappa shape index (κ2) is 13.2. The Morgan fingerprint density at radius 1 is 1.18 bits per heavy atom. The smallest absolute Gasteiger partial charge is 0.300 e. The topological polar surface area (TPSA) is 207 Å². The number of fused-ring (bicyclic) bond motifs is 1. The number of carbonyl (C=O) groups excluding carboxylic acids is 3. The minimum absolute atomic E-state index is 0.0776. The van der Waals surface area contributed by atoms with Crippen LogP contribution in [0.5, 0.6) is 11.5 Å². The first-order valence-electron chi connectivity index (χ1n) is 11.8. The third-order valence-electron chi connectivity index (χ3n) is 5.77. The van der Waals surface area contributed by atoms with Gasteiger partial charge in [-0.2, -0.15) is 0 Å². The minimum Gasteiger partial charge on any atom is -0.497 e. The van der Waals surface area contributed by atoms with E-state index in [1.807, 2.05) is 0 Å². The van der Waals surface area contributed by atoms with E-state index < -0.39 is 23.5 Å². The molecular weight excluding hydrogens is 510 g/mol. The van der Waals surface area contributed by atoms with Crippen LogP contribution in [0.2, 0.25) is 0 Å². The van der Waals surface area contributed by atoms with Gasteiger partial charge >= 0.3 is 0 Å². The van der Waals surface area contributed by atoms with Gasteiger partial charge in [-0.15, -0.1) is 0 Å². The van der Waals surface area contributed by atoms with Crippen LogP contribution in [0.15, 0.2) is 36.4 Å². The van der Waals surface area contributed by atoms with E-state index in [2.05, 4.69) is 5.32 Å². The maximum absolute atomic E-state index is 13.4. The number of carboxylic acid groups (broad SMARTS) is 1. The molecule has 210 valence electrons. The summed E-state index contributed by atoms with van der Waals surface area (Å²) in [5, 5.41) is 17.6. The van der Waals surface area contributed by atoms with E-state index in [9.17, 15) is 14.4 Å². The van der Waals surface area contributed by atoms with Crippen molar-refractivity contribution in [2.75, 3.05) is 27.4 Å². The SMILES string of the molecule is CC(=O)O.CCOC(Cc1ccc(C(=N)N)cc1OCC(=O)NC)(C(N)=O)N1Cc2cc(OC)ccc2C1=O. The second-order valence-electron chi connectivity index (χ2n) is 8.39. The first kappa shape index (κ1) is 30.6. The molecule has 0 saturated carbocycles. The molecule has 39 heavy (non-hydrogen) atoms. The zero-order valence-corrected chi connectivity index (χ0v) is 22.2. The zero-order valence-electron chi connectivity index (χ0n) is 22.2. The molecule has 0 saturated heterocycles. The van der Waals surface area contributed by atoms with Gasteiger partial charge in [-0.1, -0.05) is 12.1 Å². The van der Waals surface area contributed by atoms with Crippen molar-refractivity contribution in [3.05, 3.63) is 58.7 Å². The molecule has 0 fully saturated rings. The molecule has 0 radical (unpaired) electrons. The van der Waals surface area contributed by atoms with Crippen molar-refractivity contribution in [3.63, 3.8) is 0 Å². The summed E-state index contributed by atoms with van der Waals surface area (Å²) in [4.78, 5) is 48.4. The minimum atomic E-state index is -1.85. The third kappa shape index (κ3) is 7.23. The fourth-order valence-corrected chi connectivity index (χ4v) is 3.95. The lowest BCUT2D eigenvalue weighted by atomic mass is 9.97. The highest BCUT2D eigenvalue weighted by molar-refractivity contribution is 6.02. The van der Waals surface area contributed by atoms with E-state index in [0.717, 1.165) is 6.92 Å². The number of nitrogen functional groups attached to an aromatic ring is 1. The highest BCUT2D eigenvalue weighted by atomic mass is 16.5. The molecule has 1 aliphatic heterocycles. The molecule has 0 spiro atoms. The van der Waals surface area contributed by atoms with Crippen molar-refractivity contribution in [1.82, 2.24) is 10.2 Å². The molecule has 1 atom stereocenters. The number of ether oxygens (including phenoxy) is 3. The fourth-order valence-electron chi connectivity index (χ4n) is 3.95. The maximum Gasteiger partial charge on any atom is 0.300 e. The molecule has 0 bridgehead atoms. The van der Waals surface area contributed by atoms with Crippen molar-refractivity contribution in [3.8, 4) is 11.5 Å². The highest BCUT2D eigenvalue weighted by Gasteiger charge is 2.50. The number of primary amides is 1. The quantitative estimate of drug-likeness (QED) is 0.198. The predicted molar refractivity (Wildman–Crippen MR) is 140 cm³/mol. The molecule has 13 heteroatoms. The number of methoxy groups -OCH3 is 1. The lowest BCUT2D eigenvalue weighted by molar-refractivity contribution is -0.168. The van der Waals surface area contributed by atoms with E-state index in [-0.39, 0.29) is 43.7 Å². The number of hydrogen-bond acceptors (Lipinski definition) is 8. The van der Waals surface area contributed by atoms with Crippen LogP contribution in [0.3, 0.4) is 0 Å². The van der Waals surface area contributed by atoms with Crippen molar-refractivity contribution in [1.29, 1.82) is 5.41 Å². The van der Waals surface area contributed by atoms with Crippen LogP contribution in [0.25, 0.3) is 0 Å². The molecule has 0 aromatic heterocycles. The van der Waals surface area contributed by atoms with Crippen LogP contribution >= 0.6 is 0 Å². The van der Waals surface area contributed by atoms with Gasteiger partial charge in [-0.3, -0.25) is 29.5 Å². The molecule has 2 aromatic rings. The van der Waals surface area contributed by atoms with Gasteiger partial charge in [-0.05, 0) is 42.3 Å². The van der Waals surface area contributed by atoms with Crippen LogP contribution in [0, 0.1) is 5.41 Å². The van der Waals surface area contributed by atoms with E-state index in [1.165, 1.54) is 25.1 Å². The second-order valence-corrected chi connectivity index (χ2v) is 8.39. The van der Waals surface area contributed by atoms with Gasteiger partial charge in [-0.25, -0.2) is 0 Å². The Kier molecular flexibility index (Phi) is 10.4. The average molecular weight is 544 g/mol. The van der Waals surface area contributed by atoms with E-state index in [1.54, 1.807) is 37.3 Å². The number of likely N-dealkylation sites (N-methyl/N-ethyl adjacent to an activating group) is 1. The Bertz CT molecular complexity index is 1260. The average Bonchev–Trinajstić information content (AvgIpc) is 3.22. The number of amides is 3. The van der Waals surface area contributed by atoms with Crippen molar-refractivity contribution in [2.24, 2.45) is 11.5 Å². The standard InChI is InChI=1S/C24H29N5O6.C2H4O2/c1-4-35-24(23(27)32,29-12-16-9-17(33-3)7-8-18(16)22(29)31)11-15-6-5-14(21(25)26)10-19(15)34-13-20(30)28-2;1-2(3)4/h5-10H,4,11-13H2,1-3H3,(H3,25,26)(H2,27,32)(H,28,30);1H3,(H,3,4). The van der Waals surface area contributed by atoms with Gasteiger partial charge in [0.15, 0.2) is 6.61 Å². The molecule has 3 rings (SSSR count). The number of benzene rings is 2. The summed E-state index contributed by atoms with van der Waals surface area (Å²) in [7, 11) is 2.99. The lowest BCUT2D eigenvalue weighted by Crippen LogP contribution is -2.61. The van der Waals surface area contributed by atoms with Crippen LogP contribution in [0.4, 0.5) is 0 Å². The summed E-state index contributed by atoms with van der Waals surface area (Å²) < 4.78 is 16.8. The largest absolute Gasteiger partial charge is 0.497 e. The van der Waals surface area contributed by atoms with Gasteiger partial charge in [0.05, 0.1) is 13.7 Å². The summed E-state index contributed by atoms with van der Waals surface area (Å²) in [6, 6.07) is 9.69. The number of nitrogens with zero attached hydrogens (tertiary/aromatic N) is 1.